The van der Waals surface area contributed by atoms with Gasteiger partial charge in [-0.2, -0.15) is 0 Å². The van der Waals surface area contributed by atoms with Gasteiger partial charge >= 0.3 is 5.97 Å². The van der Waals surface area contributed by atoms with Crippen LogP contribution in [0.4, 0.5) is 0 Å². The fourth-order valence-electron chi connectivity index (χ4n) is 3.49. The summed E-state index contributed by atoms with van der Waals surface area (Å²) in [5.41, 5.74) is 0. The first-order valence-electron chi connectivity index (χ1n) is 9.81. The average molecular weight is 324 g/mol. The van der Waals surface area contributed by atoms with E-state index in [4.69, 9.17) is 4.74 Å². The largest absolute Gasteiger partial charge is 0.463 e. The topological polar surface area (TPSA) is 29.5 Å². The van der Waals surface area contributed by atoms with Gasteiger partial charge in [-0.25, -0.2) is 4.79 Å². The minimum atomic E-state index is -0.301. The number of nitrogens with zero attached hydrogens (tertiary/aromatic N) is 1. The Labute approximate surface area is 143 Å². The van der Waals surface area contributed by atoms with Gasteiger partial charge < -0.3 is 9.64 Å². The van der Waals surface area contributed by atoms with Crippen molar-refractivity contribution in [2.75, 3.05) is 19.7 Å². The molecular formula is C20H37NO2. The highest BCUT2D eigenvalue weighted by Gasteiger charge is 2.20. The fourth-order valence-corrected chi connectivity index (χ4v) is 3.49. The maximum atomic E-state index is 10.9. The van der Waals surface area contributed by atoms with Gasteiger partial charge in [-0.1, -0.05) is 58.4 Å². The quantitative estimate of drug-likeness (QED) is 0.268. The molecule has 0 N–H and O–H groups in total. The zero-order valence-electron chi connectivity index (χ0n) is 15.2. The molecule has 0 atom stereocenters. The molecule has 3 heteroatoms. The molecule has 1 aliphatic rings. The van der Waals surface area contributed by atoms with E-state index in [1.807, 2.05) is 0 Å². The van der Waals surface area contributed by atoms with E-state index in [-0.39, 0.29) is 5.97 Å². The Hall–Kier alpha value is -0.830. The highest BCUT2D eigenvalue weighted by Crippen LogP contribution is 2.23. The Morgan fingerprint density at radius 1 is 1.04 bits per heavy atom. The molecule has 1 rings (SSSR count). The lowest BCUT2D eigenvalue weighted by Crippen LogP contribution is -2.38. The summed E-state index contributed by atoms with van der Waals surface area (Å²) in [6.45, 7) is 8.76. The lowest BCUT2D eigenvalue weighted by molar-refractivity contribution is -0.137. The molecule has 3 nitrogen and oxygen atoms in total. The summed E-state index contributed by atoms with van der Waals surface area (Å²) in [5, 5.41) is 0. The maximum Gasteiger partial charge on any atom is 0.330 e. The average Bonchev–Trinajstić information content (AvgIpc) is 2.60. The Bertz CT molecular complexity index is 311. The number of esters is 1. The summed E-state index contributed by atoms with van der Waals surface area (Å²) < 4.78 is 5.01. The van der Waals surface area contributed by atoms with Crippen LogP contribution in [0.3, 0.4) is 0 Å². The van der Waals surface area contributed by atoms with Crippen molar-refractivity contribution in [3.63, 3.8) is 0 Å². The zero-order valence-corrected chi connectivity index (χ0v) is 15.2. The van der Waals surface area contributed by atoms with Gasteiger partial charge in [0, 0.05) is 12.1 Å². The predicted octanol–water partition coefficient (Wildman–Crippen LogP) is 5.10. The first-order valence-corrected chi connectivity index (χ1v) is 9.81. The van der Waals surface area contributed by atoms with Crippen LogP contribution in [-0.2, 0) is 9.53 Å². The number of unbranched alkanes of at least 4 members (excludes halogenated alkanes) is 5. The van der Waals surface area contributed by atoms with Gasteiger partial charge in [0.15, 0.2) is 0 Å². The van der Waals surface area contributed by atoms with E-state index >= 15 is 0 Å². The summed E-state index contributed by atoms with van der Waals surface area (Å²) >= 11 is 0. The van der Waals surface area contributed by atoms with E-state index < -0.39 is 0 Å². The highest BCUT2D eigenvalue weighted by molar-refractivity contribution is 5.81. The van der Waals surface area contributed by atoms with Crippen molar-refractivity contribution in [1.29, 1.82) is 0 Å². The van der Waals surface area contributed by atoms with Crippen LogP contribution >= 0.6 is 0 Å². The van der Waals surface area contributed by atoms with E-state index in [9.17, 15) is 4.79 Å². The summed E-state index contributed by atoms with van der Waals surface area (Å²) in [6, 6.07) is 0.842. The minimum Gasteiger partial charge on any atom is -0.463 e. The van der Waals surface area contributed by atoms with Crippen molar-refractivity contribution in [3.8, 4) is 0 Å². The Balaban J connectivity index is 2.14. The molecule has 0 bridgehead atoms. The van der Waals surface area contributed by atoms with Crippen LogP contribution in [-0.4, -0.2) is 36.6 Å². The number of hydrogen-bond donors (Lipinski definition) is 0. The van der Waals surface area contributed by atoms with Crippen LogP contribution in [0.15, 0.2) is 12.7 Å². The van der Waals surface area contributed by atoms with E-state index in [0.29, 0.717) is 6.61 Å². The molecule has 0 aromatic rings. The smallest absolute Gasteiger partial charge is 0.330 e. The van der Waals surface area contributed by atoms with Gasteiger partial charge in [0.25, 0.3) is 0 Å². The Kier molecular flexibility index (Phi) is 11.9. The Morgan fingerprint density at radius 2 is 1.70 bits per heavy atom. The second kappa shape index (κ2) is 13.6. The van der Waals surface area contributed by atoms with Gasteiger partial charge in [-0.05, 0) is 45.2 Å². The standard InChI is InChI=1S/C20H37NO2/c1-3-5-11-16-21(19-14-9-8-10-15-19)17-12-6-7-13-18-23-20(22)4-2/h4,19H,2-3,5-18H2,1H3. The molecule has 1 aliphatic carbocycles. The number of ether oxygens (including phenoxy) is 1. The fraction of sp³-hybridized carbons (Fsp3) is 0.850. The van der Waals surface area contributed by atoms with Gasteiger partial charge in [0.05, 0.1) is 6.61 Å². The molecule has 23 heavy (non-hydrogen) atoms. The molecule has 134 valence electrons. The first kappa shape index (κ1) is 20.2. The van der Waals surface area contributed by atoms with Gasteiger partial charge in [-0.15, -0.1) is 0 Å². The van der Waals surface area contributed by atoms with Crippen molar-refractivity contribution >= 4 is 5.97 Å². The number of hydrogen-bond acceptors (Lipinski definition) is 3. The molecule has 0 aliphatic heterocycles. The third kappa shape index (κ3) is 9.80. The molecule has 0 aromatic heterocycles. The van der Waals surface area contributed by atoms with E-state index in [1.54, 1.807) is 0 Å². The SMILES string of the molecule is C=CC(=O)OCCCCCCN(CCCCC)C1CCCCC1. The third-order valence-corrected chi connectivity index (χ3v) is 4.89. The van der Waals surface area contributed by atoms with Crippen LogP contribution in [0.5, 0.6) is 0 Å². The lowest BCUT2D eigenvalue weighted by Gasteiger charge is -2.34. The number of carbonyl (C=O) groups excluding carboxylic acids is 1. The molecule has 1 fully saturated rings. The Morgan fingerprint density at radius 3 is 2.35 bits per heavy atom. The minimum absolute atomic E-state index is 0.301. The normalized spacial score (nSPS) is 15.7. The molecule has 0 saturated heterocycles. The first-order chi connectivity index (χ1) is 11.3. The predicted molar refractivity (Wildman–Crippen MR) is 97.6 cm³/mol. The molecule has 0 unspecified atom stereocenters. The van der Waals surface area contributed by atoms with Crippen molar-refractivity contribution in [2.24, 2.45) is 0 Å². The third-order valence-electron chi connectivity index (χ3n) is 4.89. The molecule has 0 radical (unpaired) electrons. The summed E-state index contributed by atoms with van der Waals surface area (Å²) in [6.07, 6.45) is 17.0. The summed E-state index contributed by atoms with van der Waals surface area (Å²) in [5.74, 6) is -0.301. The second-order valence-corrected chi connectivity index (χ2v) is 6.82. The van der Waals surface area contributed by atoms with Crippen molar-refractivity contribution in [1.82, 2.24) is 4.90 Å². The highest BCUT2D eigenvalue weighted by atomic mass is 16.5. The van der Waals surface area contributed by atoms with Crippen molar-refractivity contribution in [2.45, 2.75) is 90.0 Å². The van der Waals surface area contributed by atoms with E-state index in [0.717, 1.165) is 18.9 Å². The van der Waals surface area contributed by atoms with Gasteiger partial charge in [0.1, 0.15) is 0 Å². The number of carbonyl (C=O) groups is 1. The van der Waals surface area contributed by atoms with Crippen LogP contribution in [0.1, 0.15) is 84.0 Å². The van der Waals surface area contributed by atoms with Crippen LogP contribution in [0.2, 0.25) is 0 Å². The van der Waals surface area contributed by atoms with Crippen LogP contribution in [0, 0.1) is 0 Å². The summed E-state index contributed by atoms with van der Waals surface area (Å²) in [7, 11) is 0. The summed E-state index contributed by atoms with van der Waals surface area (Å²) in [4.78, 5) is 13.7. The van der Waals surface area contributed by atoms with Gasteiger partial charge in [-0.3, -0.25) is 0 Å². The molecule has 1 saturated carbocycles. The molecule has 0 spiro atoms. The lowest BCUT2D eigenvalue weighted by atomic mass is 9.93. The molecule has 0 heterocycles. The van der Waals surface area contributed by atoms with Crippen LogP contribution in [0.25, 0.3) is 0 Å². The van der Waals surface area contributed by atoms with Crippen molar-refractivity contribution in [3.05, 3.63) is 12.7 Å². The number of rotatable bonds is 13. The molecule has 0 aromatic carbocycles. The molecule has 0 amide bonds. The molecular weight excluding hydrogens is 286 g/mol. The van der Waals surface area contributed by atoms with E-state index in [2.05, 4.69) is 18.4 Å². The monoisotopic (exact) mass is 323 g/mol. The van der Waals surface area contributed by atoms with E-state index in [1.165, 1.54) is 83.4 Å². The second-order valence-electron chi connectivity index (χ2n) is 6.82. The van der Waals surface area contributed by atoms with Gasteiger partial charge in [0.2, 0.25) is 0 Å². The maximum absolute atomic E-state index is 10.9. The van der Waals surface area contributed by atoms with Crippen LogP contribution < -0.4 is 0 Å². The zero-order chi connectivity index (χ0) is 16.8. The van der Waals surface area contributed by atoms with Crippen molar-refractivity contribution < 1.29 is 9.53 Å².